The Kier molecular flexibility index (Phi) is 15.9. The molecular formula is C17H38N2. The summed E-state index contributed by atoms with van der Waals surface area (Å²) in [5.74, 6) is 0. The zero-order valence-corrected chi connectivity index (χ0v) is 13.6. The Labute approximate surface area is 121 Å². The molecule has 0 heterocycles. The van der Waals surface area contributed by atoms with Gasteiger partial charge in [0.15, 0.2) is 0 Å². The van der Waals surface area contributed by atoms with Gasteiger partial charge in [-0.25, -0.2) is 0 Å². The molecule has 0 aliphatic rings. The van der Waals surface area contributed by atoms with Crippen molar-refractivity contribution in [3.63, 3.8) is 0 Å². The molecule has 0 aromatic heterocycles. The van der Waals surface area contributed by atoms with Gasteiger partial charge >= 0.3 is 0 Å². The average Bonchev–Trinajstić information content (AvgIpc) is 2.43. The Bertz CT molecular complexity index is 159. The van der Waals surface area contributed by atoms with E-state index in [0.29, 0.717) is 0 Å². The molecule has 0 aliphatic carbocycles. The topological polar surface area (TPSA) is 38.0 Å². The summed E-state index contributed by atoms with van der Waals surface area (Å²) >= 11 is 0. The van der Waals surface area contributed by atoms with Crippen molar-refractivity contribution in [1.29, 1.82) is 0 Å². The second-order valence-electron chi connectivity index (χ2n) is 5.86. The maximum atomic E-state index is 5.80. The van der Waals surface area contributed by atoms with Crippen molar-refractivity contribution in [2.45, 2.75) is 103 Å². The molecule has 1 atom stereocenters. The van der Waals surface area contributed by atoms with Crippen LogP contribution in [-0.4, -0.2) is 12.7 Å². The minimum absolute atomic E-state index is 0.202. The third-order valence-electron chi connectivity index (χ3n) is 3.88. The second kappa shape index (κ2) is 16.0. The molecule has 0 aromatic rings. The lowest BCUT2D eigenvalue weighted by Gasteiger charge is -2.10. The monoisotopic (exact) mass is 270 g/mol. The Balaban J connectivity index is 2.95. The molecule has 0 fully saturated rings. The van der Waals surface area contributed by atoms with Gasteiger partial charge in [-0.15, -0.1) is 0 Å². The van der Waals surface area contributed by atoms with Gasteiger partial charge in [-0.2, -0.15) is 0 Å². The number of hydrogen-bond donors (Lipinski definition) is 2. The quantitative estimate of drug-likeness (QED) is 0.325. The summed E-state index contributed by atoms with van der Waals surface area (Å²) in [6.45, 7) is 5.50. The van der Waals surface area contributed by atoms with Crippen LogP contribution in [0.2, 0.25) is 0 Å². The van der Waals surface area contributed by atoms with E-state index in [1.54, 1.807) is 0 Å². The number of rotatable bonds is 15. The average molecular weight is 271 g/mol. The molecule has 0 aromatic carbocycles. The van der Waals surface area contributed by atoms with Crippen molar-refractivity contribution in [3.8, 4) is 0 Å². The van der Waals surface area contributed by atoms with Gasteiger partial charge in [-0.05, 0) is 19.4 Å². The normalized spacial score (nSPS) is 12.8. The van der Waals surface area contributed by atoms with Crippen molar-refractivity contribution in [3.05, 3.63) is 0 Å². The van der Waals surface area contributed by atoms with Crippen molar-refractivity contribution >= 4 is 0 Å². The molecule has 0 spiro atoms. The zero-order chi connectivity index (χ0) is 14.2. The molecule has 0 rings (SSSR count). The zero-order valence-electron chi connectivity index (χ0n) is 13.6. The first-order valence-electron chi connectivity index (χ1n) is 8.80. The van der Waals surface area contributed by atoms with Gasteiger partial charge in [0.2, 0.25) is 0 Å². The lowest BCUT2D eigenvalue weighted by Crippen LogP contribution is -2.37. The highest BCUT2D eigenvalue weighted by atomic mass is 15.0. The number of hydrogen-bond acceptors (Lipinski definition) is 2. The molecule has 2 nitrogen and oxygen atoms in total. The van der Waals surface area contributed by atoms with Crippen LogP contribution in [0.3, 0.4) is 0 Å². The summed E-state index contributed by atoms with van der Waals surface area (Å²) in [4.78, 5) is 0. The molecule has 3 N–H and O–H groups in total. The maximum absolute atomic E-state index is 5.80. The molecule has 0 radical (unpaired) electrons. The molecular weight excluding hydrogens is 232 g/mol. The summed E-state index contributed by atoms with van der Waals surface area (Å²) in [6, 6.07) is 0. The van der Waals surface area contributed by atoms with Crippen molar-refractivity contribution in [1.82, 2.24) is 5.32 Å². The SMILES string of the molecule is CCCCCCCCCCCCCCNC(N)CC. The van der Waals surface area contributed by atoms with E-state index >= 15 is 0 Å². The van der Waals surface area contributed by atoms with E-state index in [0.717, 1.165) is 13.0 Å². The van der Waals surface area contributed by atoms with E-state index in [2.05, 4.69) is 19.2 Å². The number of nitrogens with two attached hydrogens (primary N) is 1. The summed E-state index contributed by atoms with van der Waals surface area (Å²) in [6.07, 6.45) is 18.2. The van der Waals surface area contributed by atoms with Crippen LogP contribution in [0.25, 0.3) is 0 Å². The van der Waals surface area contributed by atoms with Crippen molar-refractivity contribution in [2.24, 2.45) is 5.73 Å². The molecule has 116 valence electrons. The predicted octanol–water partition coefficient (Wildman–Crippen LogP) is 4.97. The minimum Gasteiger partial charge on any atom is -0.316 e. The number of nitrogens with one attached hydrogen (secondary N) is 1. The summed E-state index contributed by atoms with van der Waals surface area (Å²) in [5.41, 5.74) is 5.80. The molecule has 1 unspecified atom stereocenters. The molecule has 0 bridgehead atoms. The van der Waals surface area contributed by atoms with Gasteiger partial charge in [-0.1, -0.05) is 84.5 Å². The van der Waals surface area contributed by atoms with E-state index in [9.17, 15) is 0 Å². The first kappa shape index (κ1) is 18.9. The van der Waals surface area contributed by atoms with Crippen molar-refractivity contribution < 1.29 is 0 Å². The van der Waals surface area contributed by atoms with Gasteiger partial charge in [0, 0.05) is 0 Å². The van der Waals surface area contributed by atoms with Gasteiger partial charge in [0.05, 0.1) is 6.17 Å². The van der Waals surface area contributed by atoms with Crippen LogP contribution >= 0.6 is 0 Å². The van der Waals surface area contributed by atoms with E-state index in [1.165, 1.54) is 77.0 Å². The third kappa shape index (κ3) is 15.9. The fraction of sp³-hybridized carbons (Fsp3) is 1.00. The third-order valence-corrected chi connectivity index (χ3v) is 3.88. The van der Waals surface area contributed by atoms with E-state index < -0.39 is 0 Å². The summed E-state index contributed by atoms with van der Waals surface area (Å²) < 4.78 is 0. The van der Waals surface area contributed by atoms with E-state index in [4.69, 9.17) is 5.73 Å². The maximum Gasteiger partial charge on any atom is 0.0543 e. The van der Waals surface area contributed by atoms with Crippen LogP contribution in [-0.2, 0) is 0 Å². The molecule has 19 heavy (non-hydrogen) atoms. The summed E-state index contributed by atoms with van der Waals surface area (Å²) in [5, 5.41) is 3.35. The van der Waals surface area contributed by atoms with Crippen molar-refractivity contribution in [2.75, 3.05) is 6.54 Å². The van der Waals surface area contributed by atoms with E-state index in [1.807, 2.05) is 0 Å². The molecule has 0 aliphatic heterocycles. The van der Waals surface area contributed by atoms with Gasteiger partial charge in [-0.3, -0.25) is 0 Å². The lowest BCUT2D eigenvalue weighted by molar-refractivity contribution is 0.486. The van der Waals surface area contributed by atoms with Crippen LogP contribution in [0.15, 0.2) is 0 Å². The van der Waals surface area contributed by atoms with Crippen LogP contribution in [0.4, 0.5) is 0 Å². The largest absolute Gasteiger partial charge is 0.316 e. The van der Waals surface area contributed by atoms with Crippen LogP contribution in [0.1, 0.15) is 97.3 Å². The molecule has 2 heteroatoms. The highest BCUT2D eigenvalue weighted by Crippen LogP contribution is 2.11. The standard InChI is InChI=1S/C17H38N2/c1-3-5-6-7-8-9-10-11-12-13-14-15-16-19-17(18)4-2/h17,19H,3-16,18H2,1-2H3. The van der Waals surface area contributed by atoms with Gasteiger partial charge < -0.3 is 11.1 Å². The van der Waals surface area contributed by atoms with Crippen LogP contribution in [0, 0.1) is 0 Å². The smallest absolute Gasteiger partial charge is 0.0543 e. The van der Waals surface area contributed by atoms with Crippen LogP contribution in [0.5, 0.6) is 0 Å². The van der Waals surface area contributed by atoms with Gasteiger partial charge in [0.1, 0.15) is 0 Å². The lowest BCUT2D eigenvalue weighted by atomic mass is 10.1. The highest BCUT2D eigenvalue weighted by molar-refractivity contribution is 4.56. The Morgan fingerprint density at radius 2 is 1.11 bits per heavy atom. The highest BCUT2D eigenvalue weighted by Gasteiger charge is 1.96. The molecule has 0 saturated heterocycles. The fourth-order valence-corrected chi connectivity index (χ4v) is 2.40. The van der Waals surface area contributed by atoms with Crippen LogP contribution < -0.4 is 11.1 Å². The first-order valence-corrected chi connectivity index (χ1v) is 8.80. The Morgan fingerprint density at radius 1 is 0.684 bits per heavy atom. The second-order valence-corrected chi connectivity index (χ2v) is 5.86. The Morgan fingerprint density at radius 3 is 1.53 bits per heavy atom. The Hall–Kier alpha value is -0.0800. The molecule has 0 saturated carbocycles. The fourth-order valence-electron chi connectivity index (χ4n) is 2.40. The minimum atomic E-state index is 0.202. The number of unbranched alkanes of at least 4 members (excludes halogenated alkanes) is 11. The summed E-state index contributed by atoms with van der Waals surface area (Å²) in [7, 11) is 0. The van der Waals surface area contributed by atoms with Gasteiger partial charge in [0.25, 0.3) is 0 Å². The first-order chi connectivity index (χ1) is 9.31. The molecule has 0 amide bonds. The van der Waals surface area contributed by atoms with E-state index in [-0.39, 0.29) is 6.17 Å². The predicted molar refractivity (Wildman–Crippen MR) is 87.3 cm³/mol.